The number of rotatable bonds is 5. The molecule has 27 heavy (non-hydrogen) atoms. The minimum absolute atomic E-state index is 0.0761. The van der Waals surface area contributed by atoms with Gasteiger partial charge in [0.25, 0.3) is 0 Å². The van der Waals surface area contributed by atoms with E-state index in [1.807, 2.05) is 54.2 Å². The van der Waals surface area contributed by atoms with Gasteiger partial charge in [0.1, 0.15) is 6.61 Å². The number of hydrogen-bond donors (Lipinski definition) is 1. The second kappa shape index (κ2) is 7.50. The summed E-state index contributed by atoms with van der Waals surface area (Å²) < 4.78 is 7.37. The zero-order valence-electron chi connectivity index (χ0n) is 15.1. The van der Waals surface area contributed by atoms with E-state index in [9.17, 15) is 4.79 Å². The van der Waals surface area contributed by atoms with E-state index < -0.39 is 6.09 Å². The van der Waals surface area contributed by atoms with Crippen LogP contribution in [0.1, 0.15) is 22.7 Å². The monoisotopic (exact) mass is 359 g/mol. The van der Waals surface area contributed by atoms with Crippen LogP contribution in [0, 0.1) is 0 Å². The molecule has 0 fully saturated rings. The molecular weight excluding hydrogens is 338 g/mol. The third-order valence-electron chi connectivity index (χ3n) is 4.72. The van der Waals surface area contributed by atoms with Gasteiger partial charge in [0.15, 0.2) is 0 Å². The zero-order valence-corrected chi connectivity index (χ0v) is 15.1. The lowest BCUT2D eigenvalue weighted by Gasteiger charge is -2.14. The van der Waals surface area contributed by atoms with Crippen molar-refractivity contribution in [3.05, 3.63) is 84.0 Å². The quantitative estimate of drug-likeness (QED) is 0.750. The van der Waals surface area contributed by atoms with Gasteiger partial charge in [0.05, 0.1) is 12.0 Å². The number of amides is 1. The first kappa shape index (κ1) is 17.1. The molecule has 0 unspecified atom stereocenters. The van der Waals surface area contributed by atoms with E-state index in [-0.39, 0.29) is 5.92 Å². The average molecular weight is 359 g/mol. The molecule has 1 amide bonds. The van der Waals surface area contributed by atoms with Crippen LogP contribution in [0.25, 0.3) is 17.2 Å². The van der Waals surface area contributed by atoms with E-state index in [4.69, 9.17) is 4.74 Å². The number of hydrogen-bond acceptors (Lipinski definition) is 3. The number of nitrogens with one attached hydrogen (secondary N) is 1. The van der Waals surface area contributed by atoms with E-state index in [0.29, 0.717) is 13.2 Å². The molecule has 5 heteroatoms. The first-order valence-electron chi connectivity index (χ1n) is 8.96. The van der Waals surface area contributed by atoms with E-state index in [2.05, 4.69) is 34.6 Å². The molecule has 0 saturated carbocycles. The van der Waals surface area contributed by atoms with Crippen molar-refractivity contribution in [2.24, 2.45) is 7.05 Å². The molecule has 1 aliphatic rings. The highest BCUT2D eigenvalue weighted by Crippen LogP contribution is 2.44. The third-order valence-corrected chi connectivity index (χ3v) is 4.72. The summed E-state index contributed by atoms with van der Waals surface area (Å²) in [5.41, 5.74) is 5.72. The summed E-state index contributed by atoms with van der Waals surface area (Å²) in [6, 6.07) is 16.6. The zero-order chi connectivity index (χ0) is 18.6. The van der Waals surface area contributed by atoms with Crippen molar-refractivity contribution in [2.45, 2.75) is 5.92 Å². The lowest BCUT2D eigenvalue weighted by molar-refractivity contribution is 0.144. The number of benzene rings is 2. The van der Waals surface area contributed by atoms with Gasteiger partial charge in [-0.05, 0) is 28.3 Å². The Morgan fingerprint density at radius 2 is 1.81 bits per heavy atom. The van der Waals surface area contributed by atoms with Crippen molar-refractivity contribution in [1.82, 2.24) is 14.9 Å². The number of carbonyl (C=O) groups is 1. The largest absolute Gasteiger partial charge is 0.449 e. The molecule has 0 saturated heterocycles. The number of fused-ring (bicyclic) bond motifs is 3. The topological polar surface area (TPSA) is 56.2 Å². The molecule has 3 aromatic rings. The summed E-state index contributed by atoms with van der Waals surface area (Å²) in [6.45, 7) is 0.719. The molecule has 0 radical (unpaired) electrons. The number of alkyl carbamates (subject to hydrolysis) is 1. The number of aromatic nitrogens is 2. The van der Waals surface area contributed by atoms with Crippen LogP contribution < -0.4 is 5.32 Å². The Kier molecular flexibility index (Phi) is 4.75. The Hall–Kier alpha value is -3.34. The van der Waals surface area contributed by atoms with Gasteiger partial charge in [-0.2, -0.15) is 0 Å². The highest BCUT2D eigenvalue weighted by molar-refractivity contribution is 5.79. The van der Waals surface area contributed by atoms with Gasteiger partial charge in [0, 0.05) is 25.7 Å². The summed E-state index contributed by atoms with van der Waals surface area (Å²) in [6.07, 6.45) is 6.94. The average Bonchev–Trinajstić information content (AvgIpc) is 3.25. The predicted octanol–water partition coefficient (Wildman–Crippen LogP) is 3.97. The van der Waals surface area contributed by atoms with Crippen LogP contribution in [0.2, 0.25) is 0 Å². The molecule has 1 N–H and O–H groups in total. The van der Waals surface area contributed by atoms with Crippen LogP contribution in [0.15, 0.2) is 67.1 Å². The smallest absolute Gasteiger partial charge is 0.407 e. The minimum atomic E-state index is -0.414. The molecule has 136 valence electrons. The number of aryl methyl sites for hydroxylation is 1. The second-order valence-electron chi connectivity index (χ2n) is 6.57. The van der Waals surface area contributed by atoms with E-state index >= 15 is 0 Å². The predicted molar refractivity (Wildman–Crippen MR) is 105 cm³/mol. The maximum absolute atomic E-state index is 12.1. The van der Waals surface area contributed by atoms with Crippen molar-refractivity contribution < 1.29 is 9.53 Å². The van der Waals surface area contributed by atoms with Gasteiger partial charge in [-0.1, -0.05) is 54.6 Å². The number of carbonyl (C=O) groups excluding carboxylic acids is 1. The molecule has 0 spiro atoms. The highest BCUT2D eigenvalue weighted by atomic mass is 16.5. The Bertz CT molecular complexity index is 945. The van der Waals surface area contributed by atoms with Gasteiger partial charge in [-0.3, -0.25) is 0 Å². The summed E-state index contributed by atoms with van der Waals surface area (Å²) in [5, 5.41) is 2.75. The maximum atomic E-state index is 12.1. The van der Waals surface area contributed by atoms with Gasteiger partial charge in [-0.15, -0.1) is 0 Å². The fourth-order valence-electron chi connectivity index (χ4n) is 3.49. The summed E-state index contributed by atoms with van der Waals surface area (Å²) >= 11 is 0. The minimum Gasteiger partial charge on any atom is -0.449 e. The Balaban J connectivity index is 1.34. The lowest BCUT2D eigenvalue weighted by atomic mass is 9.98. The van der Waals surface area contributed by atoms with Crippen molar-refractivity contribution in [3.63, 3.8) is 0 Å². The number of imidazole rings is 1. The van der Waals surface area contributed by atoms with Crippen LogP contribution in [0.4, 0.5) is 4.79 Å². The molecule has 2 aromatic carbocycles. The van der Waals surface area contributed by atoms with E-state index in [1.165, 1.54) is 22.3 Å². The first-order valence-corrected chi connectivity index (χ1v) is 8.96. The molecule has 1 aromatic heterocycles. The molecule has 1 aliphatic carbocycles. The normalized spacial score (nSPS) is 12.8. The van der Waals surface area contributed by atoms with Crippen molar-refractivity contribution in [1.29, 1.82) is 0 Å². The Labute approximate surface area is 158 Å². The van der Waals surface area contributed by atoms with Crippen molar-refractivity contribution in [3.8, 4) is 11.1 Å². The second-order valence-corrected chi connectivity index (χ2v) is 6.57. The first-order chi connectivity index (χ1) is 13.2. The van der Waals surface area contributed by atoms with Gasteiger partial charge < -0.3 is 14.6 Å². The van der Waals surface area contributed by atoms with Gasteiger partial charge >= 0.3 is 6.09 Å². The van der Waals surface area contributed by atoms with Crippen molar-refractivity contribution >= 4 is 12.2 Å². The van der Waals surface area contributed by atoms with Crippen LogP contribution in [-0.2, 0) is 11.8 Å². The van der Waals surface area contributed by atoms with Gasteiger partial charge in [-0.25, -0.2) is 9.78 Å². The van der Waals surface area contributed by atoms with E-state index in [0.717, 1.165) is 5.69 Å². The van der Waals surface area contributed by atoms with Crippen LogP contribution in [0.5, 0.6) is 0 Å². The molecule has 0 aliphatic heterocycles. The SMILES string of the molecule is Cn1cnc(C=CCNC(=O)OCC2c3ccccc3-c3ccccc32)c1. The summed E-state index contributed by atoms with van der Waals surface area (Å²) in [4.78, 5) is 16.2. The lowest BCUT2D eigenvalue weighted by Crippen LogP contribution is -2.26. The Morgan fingerprint density at radius 1 is 1.15 bits per heavy atom. The summed E-state index contributed by atoms with van der Waals surface area (Å²) in [5.74, 6) is 0.0761. The molecule has 0 atom stereocenters. The molecule has 5 nitrogen and oxygen atoms in total. The van der Waals surface area contributed by atoms with Crippen LogP contribution >= 0.6 is 0 Å². The Morgan fingerprint density at radius 3 is 2.44 bits per heavy atom. The number of ether oxygens (including phenoxy) is 1. The standard InChI is InChI=1S/C22H21N3O2/c1-25-13-16(24-15-25)7-6-12-23-22(26)27-14-21-19-10-4-2-8-17(19)18-9-3-5-11-20(18)21/h2-11,13,15,21H,12,14H2,1H3,(H,23,26). The van der Waals surface area contributed by atoms with Crippen LogP contribution in [0.3, 0.4) is 0 Å². The summed E-state index contributed by atoms with van der Waals surface area (Å²) in [7, 11) is 1.92. The fraction of sp³-hybridized carbons (Fsp3) is 0.182. The highest BCUT2D eigenvalue weighted by Gasteiger charge is 2.28. The van der Waals surface area contributed by atoms with Gasteiger partial charge in [0.2, 0.25) is 0 Å². The number of nitrogens with zero attached hydrogens (tertiary/aromatic N) is 2. The maximum Gasteiger partial charge on any atom is 0.407 e. The van der Waals surface area contributed by atoms with E-state index in [1.54, 1.807) is 6.33 Å². The van der Waals surface area contributed by atoms with Crippen molar-refractivity contribution in [2.75, 3.05) is 13.2 Å². The molecular formula is C22H21N3O2. The molecule has 1 heterocycles. The van der Waals surface area contributed by atoms with Crippen LogP contribution in [-0.4, -0.2) is 28.8 Å². The molecule has 0 bridgehead atoms. The fourth-order valence-corrected chi connectivity index (χ4v) is 3.49. The molecule has 4 rings (SSSR count). The third kappa shape index (κ3) is 3.62.